The van der Waals surface area contributed by atoms with Gasteiger partial charge in [-0.15, -0.1) is 0 Å². The molecule has 1 atom stereocenters. The maximum Gasteiger partial charge on any atom is 0.242 e. The molecular formula is C24H25ClN2O4S. The summed E-state index contributed by atoms with van der Waals surface area (Å²) in [6.07, 6.45) is 0.183. The van der Waals surface area contributed by atoms with E-state index < -0.39 is 22.0 Å². The van der Waals surface area contributed by atoms with Crippen molar-refractivity contribution < 1.29 is 17.9 Å². The van der Waals surface area contributed by atoms with Gasteiger partial charge in [0.2, 0.25) is 15.9 Å². The zero-order valence-corrected chi connectivity index (χ0v) is 19.4. The molecular weight excluding hydrogens is 448 g/mol. The average molecular weight is 473 g/mol. The van der Waals surface area contributed by atoms with E-state index >= 15 is 0 Å². The van der Waals surface area contributed by atoms with Gasteiger partial charge in [-0.3, -0.25) is 4.79 Å². The van der Waals surface area contributed by atoms with Crippen molar-refractivity contribution in [2.75, 3.05) is 11.9 Å². The van der Waals surface area contributed by atoms with E-state index in [-0.39, 0.29) is 11.3 Å². The molecule has 0 aliphatic rings. The maximum absolute atomic E-state index is 13.1. The third kappa shape index (κ3) is 6.32. The van der Waals surface area contributed by atoms with E-state index in [1.807, 2.05) is 44.2 Å². The zero-order chi connectivity index (χ0) is 23.1. The molecule has 0 bridgehead atoms. The van der Waals surface area contributed by atoms with Crippen LogP contribution in [-0.4, -0.2) is 27.0 Å². The van der Waals surface area contributed by atoms with E-state index in [1.54, 1.807) is 30.3 Å². The molecule has 0 aliphatic heterocycles. The molecule has 6 nitrogen and oxygen atoms in total. The highest BCUT2D eigenvalue weighted by molar-refractivity contribution is 7.89. The Hall–Kier alpha value is -2.87. The molecule has 0 radical (unpaired) electrons. The second kappa shape index (κ2) is 10.6. The minimum atomic E-state index is -3.96. The van der Waals surface area contributed by atoms with Gasteiger partial charge >= 0.3 is 0 Å². The minimum absolute atomic E-state index is 0.0470. The molecule has 3 rings (SSSR count). The van der Waals surface area contributed by atoms with Gasteiger partial charge in [-0.2, -0.15) is 4.72 Å². The summed E-state index contributed by atoms with van der Waals surface area (Å²) in [6.45, 7) is 4.16. The fourth-order valence-corrected chi connectivity index (χ4v) is 4.49. The monoisotopic (exact) mass is 472 g/mol. The van der Waals surface area contributed by atoms with Crippen LogP contribution in [0.5, 0.6) is 5.75 Å². The van der Waals surface area contributed by atoms with Crippen LogP contribution in [0.4, 0.5) is 5.69 Å². The number of halogens is 1. The summed E-state index contributed by atoms with van der Waals surface area (Å²) in [6, 6.07) is 19.4. The number of rotatable bonds is 9. The SMILES string of the molecule is CCOc1ccc(S(=O)(=O)N[C@H](Cc2ccccc2)C(=O)Nc2cc(Cl)ccc2C)cc1. The Morgan fingerprint density at radius 1 is 1.03 bits per heavy atom. The Balaban J connectivity index is 1.86. The van der Waals surface area contributed by atoms with E-state index in [0.29, 0.717) is 23.1 Å². The molecule has 0 aliphatic carbocycles. The van der Waals surface area contributed by atoms with Crippen molar-refractivity contribution >= 4 is 33.2 Å². The summed E-state index contributed by atoms with van der Waals surface area (Å²) in [5.41, 5.74) is 2.17. The molecule has 0 spiro atoms. The van der Waals surface area contributed by atoms with Crippen LogP contribution in [0.15, 0.2) is 77.7 Å². The highest BCUT2D eigenvalue weighted by Gasteiger charge is 2.26. The lowest BCUT2D eigenvalue weighted by Crippen LogP contribution is -2.45. The Morgan fingerprint density at radius 2 is 1.72 bits per heavy atom. The van der Waals surface area contributed by atoms with Crippen LogP contribution < -0.4 is 14.8 Å². The van der Waals surface area contributed by atoms with Gasteiger partial charge in [-0.05, 0) is 67.8 Å². The van der Waals surface area contributed by atoms with E-state index in [0.717, 1.165) is 11.1 Å². The molecule has 32 heavy (non-hydrogen) atoms. The number of hydrogen-bond acceptors (Lipinski definition) is 4. The van der Waals surface area contributed by atoms with Crippen molar-refractivity contribution in [1.82, 2.24) is 4.72 Å². The van der Waals surface area contributed by atoms with Crippen LogP contribution in [0.3, 0.4) is 0 Å². The van der Waals surface area contributed by atoms with Gasteiger partial charge < -0.3 is 10.1 Å². The van der Waals surface area contributed by atoms with E-state index in [4.69, 9.17) is 16.3 Å². The summed E-state index contributed by atoms with van der Waals surface area (Å²) in [5.74, 6) is 0.0928. The van der Waals surface area contributed by atoms with Gasteiger partial charge in [0.1, 0.15) is 11.8 Å². The number of hydrogen-bond donors (Lipinski definition) is 2. The molecule has 0 fully saturated rings. The fraction of sp³-hybridized carbons (Fsp3) is 0.208. The Labute approximate surface area is 193 Å². The number of ether oxygens (including phenoxy) is 1. The third-order valence-corrected chi connectivity index (χ3v) is 6.52. The highest BCUT2D eigenvalue weighted by atomic mass is 35.5. The number of sulfonamides is 1. The number of anilines is 1. The standard InChI is InChI=1S/C24H25ClN2O4S/c1-3-31-20-11-13-21(14-12-20)32(29,30)27-23(15-18-7-5-4-6-8-18)24(28)26-22-16-19(25)10-9-17(22)2/h4-14,16,23,27H,3,15H2,1-2H3,(H,26,28)/t23-/m1/s1. The molecule has 3 aromatic carbocycles. The second-order valence-electron chi connectivity index (χ2n) is 7.22. The quantitative estimate of drug-likeness (QED) is 0.477. The van der Waals surface area contributed by atoms with Crippen LogP contribution in [0.1, 0.15) is 18.1 Å². The van der Waals surface area contributed by atoms with Gasteiger partial charge in [-0.25, -0.2) is 8.42 Å². The first-order chi connectivity index (χ1) is 15.3. The largest absolute Gasteiger partial charge is 0.494 e. The molecule has 168 valence electrons. The number of aryl methyl sites for hydroxylation is 1. The first-order valence-corrected chi connectivity index (χ1v) is 12.0. The molecule has 3 aromatic rings. The van der Waals surface area contributed by atoms with Crippen molar-refractivity contribution in [2.45, 2.75) is 31.2 Å². The van der Waals surface area contributed by atoms with Gasteiger partial charge in [0.25, 0.3) is 0 Å². The normalized spacial score (nSPS) is 12.2. The van der Waals surface area contributed by atoms with Crippen molar-refractivity contribution in [3.8, 4) is 5.75 Å². The van der Waals surface area contributed by atoms with Crippen molar-refractivity contribution in [2.24, 2.45) is 0 Å². The number of benzene rings is 3. The third-order valence-electron chi connectivity index (χ3n) is 4.80. The lowest BCUT2D eigenvalue weighted by atomic mass is 10.1. The highest BCUT2D eigenvalue weighted by Crippen LogP contribution is 2.21. The molecule has 8 heteroatoms. The van der Waals surface area contributed by atoms with Gasteiger partial charge in [0, 0.05) is 10.7 Å². The zero-order valence-electron chi connectivity index (χ0n) is 17.8. The second-order valence-corrected chi connectivity index (χ2v) is 9.37. The van der Waals surface area contributed by atoms with Crippen LogP contribution >= 0.6 is 11.6 Å². The number of carbonyl (C=O) groups is 1. The summed E-state index contributed by atoms with van der Waals surface area (Å²) >= 11 is 6.06. The lowest BCUT2D eigenvalue weighted by Gasteiger charge is -2.20. The van der Waals surface area contributed by atoms with Crippen LogP contribution in [0.2, 0.25) is 5.02 Å². The Bertz CT molecular complexity index is 1170. The van der Waals surface area contributed by atoms with Crippen LogP contribution in [0.25, 0.3) is 0 Å². The fourth-order valence-electron chi connectivity index (χ4n) is 3.12. The summed E-state index contributed by atoms with van der Waals surface area (Å²) in [4.78, 5) is 13.2. The Kier molecular flexibility index (Phi) is 7.90. The predicted octanol–water partition coefficient (Wildman–Crippen LogP) is 4.58. The topological polar surface area (TPSA) is 84.5 Å². The molecule has 0 saturated heterocycles. The lowest BCUT2D eigenvalue weighted by molar-refractivity contribution is -0.117. The van der Waals surface area contributed by atoms with Crippen molar-refractivity contribution in [3.05, 3.63) is 88.9 Å². The molecule has 0 unspecified atom stereocenters. The minimum Gasteiger partial charge on any atom is -0.494 e. The summed E-state index contributed by atoms with van der Waals surface area (Å²) in [7, 11) is -3.96. The smallest absolute Gasteiger partial charge is 0.242 e. The van der Waals surface area contributed by atoms with E-state index in [9.17, 15) is 13.2 Å². The summed E-state index contributed by atoms with van der Waals surface area (Å²) < 4.78 is 34.0. The van der Waals surface area contributed by atoms with Crippen LogP contribution in [-0.2, 0) is 21.2 Å². The first-order valence-electron chi connectivity index (χ1n) is 10.1. The molecule has 2 N–H and O–H groups in total. The van der Waals surface area contributed by atoms with Crippen molar-refractivity contribution in [3.63, 3.8) is 0 Å². The Morgan fingerprint density at radius 3 is 2.38 bits per heavy atom. The summed E-state index contributed by atoms with van der Waals surface area (Å²) in [5, 5.41) is 3.27. The van der Waals surface area contributed by atoms with E-state index in [2.05, 4.69) is 10.0 Å². The maximum atomic E-state index is 13.1. The average Bonchev–Trinajstić information content (AvgIpc) is 2.77. The number of amides is 1. The molecule has 0 heterocycles. The predicted molar refractivity (Wildman–Crippen MR) is 127 cm³/mol. The van der Waals surface area contributed by atoms with Gasteiger partial charge in [0.05, 0.1) is 11.5 Å². The van der Waals surface area contributed by atoms with Crippen LogP contribution in [0, 0.1) is 6.92 Å². The van der Waals surface area contributed by atoms with E-state index in [1.165, 1.54) is 12.1 Å². The van der Waals surface area contributed by atoms with Crippen molar-refractivity contribution in [1.29, 1.82) is 0 Å². The number of carbonyl (C=O) groups excluding carboxylic acids is 1. The first kappa shape index (κ1) is 23.8. The molecule has 0 saturated carbocycles. The molecule has 0 aromatic heterocycles. The molecule has 1 amide bonds. The van der Waals surface area contributed by atoms with Gasteiger partial charge in [0.15, 0.2) is 0 Å². The van der Waals surface area contributed by atoms with Gasteiger partial charge in [-0.1, -0.05) is 48.0 Å². The number of nitrogens with one attached hydrogen (secondary N) is 2.